The topological polar surface area (TPSA) is 42.4 Å². The van der Waals surface area contributed by atoms with E-state index < -0.39 is 0 Å². The van der Waals surface area contributed by atoms with Crippen LogP contribution in [0.1, 0.15) is 46.0 Å². The van der Waals surface area contributed by atoms with E-state index in [1.807, 2.05) is 6.07 Å². The molecule has 0 saturated carbocycles. The summed E-state index contributed by atoms with van der Waals surface area (Å²) < 4.78 is 5.59. The highest BCUT2D eigenvalue weighted by molar-refractivity contribution is 5.58. The van der Waals surface area contributed by atoms with Crippen molar-refractivity contribution in [1.82, 2.24) is 14.7 Å². The first kappa shape index (κ1) is 23.8. The third-order valence-corrected chi connectivity index (χ3v) is 8.13. The van der Waals surface area contributed by atoms with Gasteiger partial charge in [0.05, 0.1) is 12.8 Å². The first-order valence-corrected chi connectivity index (χ1v) is 12.8. The minimum atomic E-state index is 0.298. The summed E-state index contributed by atoms with van der Waals surface area (Å²) in [5.74, 6) is 0.978. The molecule has 0 amide bonds. The van der Waals surface area contributed by atoms with E-state index in [9.17, 15) is 5.11 Å². The molecule has 3 aliphatic heterocycles. The van der Waals surface area contributed by atoms with Crippen LogP contribution in [0.3, 0.4) is 0 Å². The van der Waals surface area contributed by atoms with E-state index in [-0.39, 0.29) is 0 Å². The van der Waals surface area contributed by atoms with Crippen molar-refractivity contribution < 1.29 is 9.84 Å². The normalized spacial score (nSPS) is 25.5. The van der Waals surface area contributed by atoms with Crippen molar-refractivity contribution in [3.05, 3.63) is 24.3 Å². The maximum Gasteiger partial charge on any atom is 0.142 e. The molecule has 3 saturated heterocycles. The summed E-state index contributed by atoms with van der Waals surface area (Å²) >= 11 is 0. The molecule has 0 aliphatic carbocycles. The van der Waals surface area contributed by atoms with Crippen LogP contribution in [0.4, 0.5) is 5.69 Å². The van der Waals surface area contributed by atoms with E-state index in [1.165, 1.54) is 51.0 Å². The fraction of sp³-hybridized carbons (Fsp3) is 0.769. The van der Waals surface area contributed by atoms with E-state index in [2.05, 4.69) is 51.6 Å². The molecule has 3 heterocycles. The van der Waals surface area contributed by atoms with Gasteiger partial charge in [0.2, 0.25) is 0 Å². The second kappa shape index (κ2) is 11.2. The van der Waals surface area contributed by atoms with Gasteiger partial charge in [-0.25, -0.2) is 0 Å². The van der Waals surface area contributed by atoms with Crippen molar-refractivity contribution in [3.8, 4) is 5.75 Å². The van der Waals surface area contributed by atoms with Crippen LogP contribution < -0.4 is 9.64 Å². The van der Waals surface area contributed by atoms with Crippen molar-refractivity contribution in [1.29, 1.82) is 0 Å². The smallest absolute Gasteiger partial charge is 0.142 e. The number of aliphatic hydroxyl groups excluding tert-OH is 1. The average molecular weight is 445 g/mol. The van der Waals surface area contributed by atoms with Gasteiger partial charge in [-0.3, -0.25) is 9.80 Å². The quantitative estimate of drug-likeness (QED) is 0.698. The Balaban J connectivity index is 1.32. The number of piperidine rings is 2. The van der Waals surface area contributed by atoms with Gasteiger partial charge in [0, 0.05) is 63.5 Å². The minimum absolute atomic E-state index is 0.298. The number of benzene rings is 1. The molecule has 6 nitrogen and oxygen atoms in total. The van der Waals surface area contributed by atoms with Gasteiger partial charge < -0.3 is 19.6 Å². The first-order chi connectivity index (χ1) is 15.6. The molecule has 3 aliphatic rings. The number of ether oxygens (including phenoxy) is 1. The van der Waals surface area contributed by atoms with Gasteiger partial charge in [-0.15, -0.1) is 0 Å². The molecular weight excluding hydrogens is 400 g/mol. The molecule has 1 N–H and O–H groups in total. The number of hydrogen-bond donors (Lipinski definition) is 1. The van der Waals surface area contributed by atoms with Gasteiger partial charge in [0.15, 0.2) is 0 Å². The Morgan fingerprint density at radius 3 is 2.28 bits per heavy atom. The van der Waals surface area contributed by atoms with Crippen LogP contribution in [0, 0.1) is 0 Å². The number of hydrogen-bond acceptors (Lipinski definition) is 6. The van der Waals surface area contributed by atoms with E-state index in [4.69, 9.17) is 4.74 Å². The molecule has 6 heteroatoms. The lowest BCUT2D eigenvalue weighted by atomic mass is 9.95. The molecule has 180 valence electrons. The highest BCUT2D eigenvalue weighted by Gasteiger charge is 2.36. The van der Waals surface area contributed by atoms with Gasteiger partial charge in [-0.1, -0.05) is 12.1 Å². The van der Waals surface area contributed by atoms with Crippen molar-refractivity contribution in [2.45, 2.75) is 70.1 Å². The fourth-order valence-electron chi connectivity index (χ4n) is 6.21. The van der Waals surface area contributed by atoms with E-state index in [0.717, 1.165) is 38.3 Å². The summed E-state index contributed by atoms with van der Waals surface area (Å²) in [7, 11) is 1.76. The maximum atomic E-state index is 9.78. The van der Waals surface area contributed by atoms with Crippen molar-refractivity contribution in [2.24, 2.45) is 0 Å². The van der Waals surface area contributed by atoms with Crippen LogP contribution in [0.25, 0.3) is 0 Å². The second-order valence-corrected chi connectivity index (χ2v) is 10.1. The molecule has 1 unspecified atom stereocenters. The molecule has 0 bridgehead atoms. The van der Waals surface area contributed by atoms with Crippen molar-refractivity contribution in [3.63, 3.8) is 0 Å². The summed E-state index contributed by atoms with van der Waals surface area (Å²) in [6, 6.07) is 10.9. The number of anilines is 1. The Hall–Kier alpha value is -1.34. The Morgan fingerprint density at radius 1 is 0.938 bits per heavy atom. The van der Waals surface area contributed by atoms with Gasteiger partial charge in [0.25, 0.3) is 0 Å². The molecule has 1 aromatic rings. The Kier molecular flexibility index (Phi) is 8.32. The van der Waals surface area contributed by atoms with Crippen LogP contribution >= 0.6 is 0 Å². The van der Waals surface area contributed by atoms with E-state index in [1.54, 1.807) is 7.11 Å². The Bertz CT molecular complexity index is 699. The lowest BCUT2D eigenvalue weighted by Gasteiger charge is -2.50. The number of piperazine rings is 1. The maximum absolute atomic E-state index is 9.78. The standard InChI is InChI=1S/C26H44N4O2/c1-21(2)27-13-10-23(11-14-27)30-18-17-29(20-24(30)12-19-31)22-8-15-28(16-9-22)25-6-4-5-7-26(25)32-3/h4-7,21-24,31H,8-20H2,1-3H3. The number of aliphatic hydroxyl groups is 1. The Labute approximate surface area is 195 Å². The molecule has 0 spiro atoms. The van der Waals surface area contributed by atoms with Gasteiger partial charge in [-0.2, -0.15) is 0 Å². The predicted molar refractivity (Wildman–Crippen MR) is 132 cm³/mol. The SMILES string of the molecule is COc1ccccc1N1CCC(N2CCN(C3CCN(C(C)C)CC3)C(CCO)C2)CC1. The molecular formula is C26H44N4O2. The molecule has 4 rings (SSSR count). The summed E-state index contributed by atoms with van der Waals surface area (Å²) in [6.45, 7) is 13.0. The molecule has 1 atom stereocenters. The highest BCUT2D eigenvalue weighted by atomic mass is 16.5. The Morgan fingerprint density at radius 2 is 1.62 bits per heavy atom. The van der Waals surface area contributed by atoms with Crippen molar-refractivity contribution in [2.75, 3.05) is 64.4 Å². The van der Waals surface area contributed by atoms with E-state index >= 15 is 0 Å². The minimum Gasteiger partial charge on any atom is -0.495 e. The summed E-state index contributed by atoms with van der Waals surface area (Å²) in [5.41, 5.74) is 1.23. The number of likely N-dealkylation sites (tertiary alicyclic amines) is 1. The summed E-state index contributed by atoms with van der Waals surface area (Å²) in [4.78, 5) is 10.6. The molecule has 0 radical (unpaired) electrons. The number of para-hydroxylation sites is 2. The summed E-state index contributed by atoms with van der Waals surface area (Å²) in [5, 5.41) is 9.78. The number of rotatable bonds is 7. The summed E-state index contributed by atoms with van der Waals surface area (Å²) in [6.07, 6.45) is 5.86. The van der Waals surface area contributed by atoms with E-state index in [0.29, 0.717) is 30.8 Å². The molecule has 3 fully saturated rings. The lowest BCUT2D eigenvalue weighted by Crippen LogP contribution is -2.61. The van der Waals surface area contributed by atoms with Crippen molar-refractivity contribution >= 4 is 5.69 Å². The van der Waals surface area contributed by atoms with Gasteiger partial charge >= 0.3 is 0 Å². The van der Waals surface area contributed by atoms with Crippen LogP contribution in [-0.2, 0) is 0 Å². The third kappa shape index (κ3) is 5.41. The molecule has 32 heavy (non-hydrogen) atoms. The van der Waals surface area contributed by atoms with Crippen LogP contribution in [-0.4, -0.2) is 104 Å². The third-order valence-electron chi connectivity index (χ3n) is 8.13. The van der Waals surface area contributed by atoms with Crippen LogP contribution in [0.15, 0.2) is 24.3 Å². The predicted octanol–water partition coefficient (Wildman–Crippen LogP) is 2.91. The fourth-order valence-corrected chi connectivity index (χ4v) is 6.21. The second-order valence-electron chi connectivity index (χ2n) is 10.1. The molecule has 0 aromatic heterocycles. The number of methoxy groups -OCH3 is 1. The zero-order valence-electron chi connectivity index (χ0n) is 20.5. The zero-order chi connectivity index (χ0) is 22.5. The average Bonchev–Trinajstić information content (AvgIpc) is 2.84. The van der Waals surface area contributed by atoms with Gasteiger partial charge in [0.1, 0.15) is 5.75 Å². The molecule has 1 aromatic carbocycles. The number of nitrogens with zero attached hydrogens (tertiary/aromatic N) is 4. The van der Waals surface area contributed by atoms with Crippen LogP contribution in [0.5, 0.6) is 5.75 Å². The zero-order valence-corrected chi connectivity index (χ0v) is 20.5. The van der Waals surface area contributed by atoms with Gasteiger partial charge in [-0.05, 0) is 71.2 Å². The monoisotopic (exact) mass is 444 g/mol. The first-order valence-electron chi connectivity index (χ1n) is 12.8. The highest BCUT2D eigenvalue weighted by Crippen LogP contribution is 2.32. The largest absolute Gasteiger partial charge is 0.495 e. The van der Waals surface area contributed by atoms with Crippen LogP contribution in [0.2, 0.25) is 0 Å². The lowest BCUT2D eigenvalue weighted by molar-refractivity contribution is -0.0139.